The number of aromatic nitrogens is 2. The molecule has 6 heteroatoms. The van der Waals surface area contributed by atoms with Gasteiger partial charge >= 0.3 is 0 Å². The maximum absolute atomic E-state index is 12.8. The summed E-state index contributed by atoms with van der Waals surface area (Å²) < 4.78 is 12.8. The zero-order valence-electron chi connectivity index (χ0n) is 14.7. The van der Waals surface area contributed by atoms with Crippen LogP contribution in [0.15, 0.2) is 47.1 Å². The number of para-hydroxylation sites is 1. The van der Waals surface area contributed by atoms with Crippen LogP contribution in [0.3, 0.4) is 0 Å². The number of hydrogen-bond acceptors (Lipinski definition) is 4. The number of nitrogens with zero attached hydrogens (tertiary/aromatic N) is 2. The maximum Gasteiger partial charge on any atom is 0.255 e. The smallest absolute Gasteiger partial charge is 0.255 e. The average Bonchev–Trinajstić information content (AvgIpc) is 3.17. The molecule has 0 saturated carbocycles. The summed E-state index contributed by atoms with van der Waals surface area (Å²) in [5.74, 6) is 2.49. The first-order valence-corrected chi connectivity index (χ1v) is 7.99. The lowest BCUT2D eigenvalue weighted by molar-refractivity contribution is 0.0939. The summed E-state index contributed by atoms with van der Waals surface area (Å²) >= 11 is 0. The molecular formula is C19H21N3O3. The topological polar surface area (TPSA) is 69.3 Å². The van der Waals surface area contributed by atoms with Crippen molar-refractivity contribution in [2.45, 2.75) is 19.9 Å². The summed E-state index contributed by atoms with van der Waals surface area (Å²) in [7, 11) is 3.50. The van der Waals surface area contributed by atoms with Crippen LogP contribution in [0.25, 0.3) is 0 Å². The van der Waals surface area contributed by atoms with Gasteiger partial charge in [-0.2, -0.15) is 0 Å². The Balaban J connectivity index is 2.02. The zero-order chi connectivity index (χ0) is 18.0. The van der Waals surface area contributed by atoms with Crippen molar-refractivity contribution in [3.05, 3.63) is 71.2 Å². The number of nitrogens with one attached hydrogen (secondary N) is 1. The Labute approximate surface area is 146 Å². The van der Waals surface area contributed by atoms with Gasteiger partial charge in [0.2, 0.25) is 0 Å². The van der Waals surface area contributed by atoms with Crippen LogP contribution < -0.4 is 10.1 Å². The lowest BCUT2D eigenvalue weighted by Crippen LogP contribution is -2.31. The number of carbonyl (C=O) groups is 1. The number of amides is 1. The van der Waals surface area contributed by atoms with Gasteiger partial charge in [-0.25, -0.2) is 4.98 Å². The highest BCUT2D eigenvalue weighted by Crippen LogP contribution is 2.29. The number of benzene rings is 1. The second-order valence-electron chi connectivity index (χ2n) is 5.87. The molecule has 1 atom stereocenters. The first-order valence-electron chi connectivity index (χ1n) is 7.99. The Hall–Kier alpha value is -3.02. The number of furan rings is 1. The van der Waals surface area contributed by atoms with E-state index in [1.807, 2.05) is 49.0 Å². The Morgan fingerprint density at radius 1 is 1.32 bits per heavy atom. The summed E-state index contributed by atoms with van der Waals surface area (Å²) in [6, 6.07) is 8.88. The minimum Gasteiger partial charge on any atom is -0.496 e. The summed E-state index contributed by atoms with van der Waals surface area (Å²) in [4.78, 5) is 17.2. The van der Waals surface area contributed by atoms with Gasteiger partial charge in [0.05, 0.1) is 12.7 Å². The van der Waals surface area contributed by atoms with E-state index in [1.54, 1.807) is 26.3 Å². The fraction of sp³-hybridized carbons (Fsp3) is 0.263. The van der Waals surface area contributed by atoms with Crippen LogP contribution in [0.1, 0.15) is 39.3 Å². The van der Waals surface area contributed by atoms with Crippen molar-refractivity contribution in [2.75, 3.05) is 7.11 Å². The number of aryl methyl sites for hydroxylation is 3. The van der Waals surface area contributed by atoms with E-state index in [1.165, 1.54) is 0 Å². The highest BCUT2D eigenvalue weighted by Gasteiger charge is 2.25. The van der Waals surface area contributed by atoms with Crippen LogP contribution in [0.2, 0.25) is 0 Å². The van der Waals surface area contributed by atoms with Crippen molar-refractivity contribution in [1.82, 2.24) is 14.9 Å². The first kappa shape index (κ1) is 16.8. The molecule has 0 aliphatic heterocycles. The van der Waals surface area contributed by atoms with E-state index in [0.29, 0.717) is 22.8 Å². The Kier molecular flexibility index (Phi) is 4.61. The van der Waals surface area contributed by atoms with E-state index in [9.17, 15) is 4.79 Å². The van der Waals surface area contributed by atoms with Crippen LogP contribution >= 0.6 is 0 Å². The molecule has 3 rings (SSSR count). The molecule has 0 aliphatic carbocycles. The summed E-state index contributed by atoms with van der Waals surface area (Å²) in [6.07, 6.45) is 3.55. The number of hydrogen-bond donors (Lipinski definition) is 1. The van der Waals surface area contributed by atoms with Crippen LogP contribution in [0.5, 0.6) is 5.75 Å². The van der Waals surface area contributed by atoms with Crippen LogP contribution in [-0.4, -0.2) is 22.6 Å². The molecule has 0 aliphatic rings. The highest BCUT2D eigenvalue weighted by atomic mass is 16.5. The third-order valence-electron chi connectivity index (χ3n) is 4.13. The molecule has 1 amide bonds. The second-order valence-corrected chi connectivity index (χ2v) is 5.87. The molecule has 130 valence electrons. The molecule has 0 radical (unpaired) electrons. The molecule has 1 N–H and O–H groups in total. The van der Waals surface area contributed by atoms with Gasteiger partial charge in [0, 0.05) is 25.0 Å². The number of ether oxygens (including phenoxy) is 1. The minimum absolute atomic E-state index is 0.215. The standard InChI is InChI=1S/C19H21N3O3/c1-12-11-15(13(2)25-12)19(23)21-17(18-20-9-10-22(18)3)14-7-5-6-8-16(14)24-4/h5-11,17H,1-4H3,(H,21,23). The van der Waals surface area contributed by atoms with E-state index >= 15 is 0 Å². The zero-order valence-corrected chi connectivity index (χ0v) is 14.7. The van der Waals surface area contributed by atoms with Gasteiger partial charge in [-0.05, 0) is 26.0 Å². The SMILES string of the molecule is COc1ccccc1C(NC(=O)c1cc(C)oc1C)c1nccn1C. The molecule has 0 fully saturated rings. The van der Waals surface area contributed by atoms with Crippen LogP contribution in [0.4, 0.5) is 0 Å². The van der Waals surface area contributed by atoms with E-state index in [2.05, 4.69) is 10.3 Å². The molecule has 0 bridgehead atoms. The minimum atomic E-state index is -0.446. The fourth-order valence-electron chi connectivity index (χ4n) is 2.91. The third-order valence-corrected chi connectivity index (χ3v) is 4.13. The van der Waals surface area contributed by atoms with Gasteiger partial charge in [0.15, 0.2) is 0 Å². The van der Waals surface area contributed by atoms with Crippen molar-refractivity contribution in [3.8, 4) is 5.75 Å². The Bertz CT molecular complexity index is 895. The van der Waals surface area contributed by atoms with E-state index in [4.69, 9.17) is 9.15 Å². The average molecular weight is 339 g/mol. The molecule has 3 aromatic rings. The lowest BCUT2D eigenvalue weighted by Gasteiger charge is -2.21. The molecular weight excluding hydrogens is 318 g/mol. The molecule has 0 saturated heterocycles. The van der Waals surface area contributed by atoms with Gasteiger partial charge in [0.1, 0.15) is 29.1 Å². The molecule has 25 heavy (non-hydrogen) atoms. The first-order chi connectivity index (χ1) is 12.0. The second kappa shape index (κ2) is 6.84. The molecule has 6 nitrogen and oxygen atoms in total. The van der Waals surface area contributed by atoms with Crippen molar-refractivity contribution in [3.63, 3.8) is 0 Å². The van der Waals surface area contributed by atoms with Crippen molar-refractivity contribution >= 4 is 5.91 Å². The Morgan fingerprint density at radius 2 is 2.08 bits per heavy atom. The highest BCUT2D eigenvalue weighted by molar-refractivity contribution is 5.95. The van der Waals surface area contributed by atoms with Crippen LogP contribution in [0, 0.1) is 13.8 Å². The Morgan fingerprint density at radius 3 is 2.68 bits per heavy atom. The lowest BCUT2D eigenvalue weighted by atomic mass is 10.0. The van der Waals surface area contributed by atoms with E-state index < -0.39 is 6.04 Å². The summed E-state index contributed by atoms with van der Waals surface area (Å²) in [6.45, 7) is 3.60. The van der Waals surface area contributed by atoms with Gasteiger partial charge in [-0.3, -0.25) is 4.79 Å². The van der Waals surface area contributed by atoms with E-state index in [-0.39, 0.29) is 5.91 Å². The number of carbonyl (C=O) groups excluding carboxylic acids is 1. The van der Waals surface area contributed by atoms with Crippen molar-refractivity contribution in [2.24, 2.45) is 7.05 Å². The molecule has 2 aromatic heterocycles. The maximum atomic E-state index is 12.8. The van der Waals surface area contributed by atoms with Gasteiger partial charge in [-0.1, -0.05) is 18.2 Å². The number of methoxy groups -OCH3 is 1. The monoisotopic (exact) mass is 339 g/mol. The summed E-state index contributed by atoms with van der Waals surface area (Å²) in [5, 5.41) is 3.06. The quantitative estimate of drug-likeness (QED) is 0.775. The normalized spacial score (nSPS) is 12.0. The van der Waals surface area contributed by atoms with Gasteiger partial charge in [-0.15, -0.1) is 0 Å². The molecule has 1 unspecified atom stereocenters. The van der Waals surface area contributed by atoms with Gasteiger partial charge < -0.3 is 19.0 Å². The molecule has 1 aromatic carbocycles. The van der Waals surface area contributed by atoms with Crippen molar-refractivity contribution < 1.29 is 13.9 Å². The summed E-state index contributed by atoms with van der Waals surface area (Å²) in [5.41, 5.74) is 1.36. The molecule has 2 heterocycles. The van der Waals surface area contributed by atoms with Crippen molar-refractivity contribution in [1.29, 1.82) is 0 Å². The number of imidazole rings is 1. The predicted octanol–water partition coefficient (Wildman–Crippen LogP) is 3.16. The largest absolute Gasteiger partial charge is 0.496 e. The fourth-order valence-corrected chi connectivity index (χ4v) is 2.91. The number of rotatable bonds is 5. The van der Waals surface area contributed by atoms with E-state index in [0.717, 1.165) is 11.4 Å². The van der Waals surface area contributed by atoms with Gasteiger partial charge in [0.25, 0.3) is 5.91 Å². The third kappa shape index (κ3) is 3.28. The molecule has 0 spiro atoms. The predicted molar refractivity (Wildman–Crippen MR) is 93.7 cm³/mol. The van der Waals surface area contributed by atoms with Crippen LogP contribution in [-0.2, 0) is 7.05 Å².